The highest BCUT2D eigenvalue weighted by molar-refractivity contribution is 7.89. The predicted octanol–water partition coefficient (Wildman–Crippen LogP) is 0.977. The van der Waals surface area contributed by atoms with Crippen LogP contribution in [0.5, 0.6) is 0 Å². The number of hydrogen-bond acceptors (Lipinski definition) is 3. The maximum atomic E-state index is 11.7. The highest BCUT2D eigenvalue weighted by Gasteiger charge is 2.25. The molecule has 2 rings (SSSR count). The summed E-state index contributed by atoms with van der Waals surface area (Å²) in [7, 11) is -3.08. The molecule has 0 fully saturated rings. The Morgan fingerprint density at radius 1 is 1.44 bits per heavy atom. The van der Waals surface area contributed by atoms with Gasteiger partial charge in [-0.15, -0.1) is 0 Å². The van der Waals surface area contributed by atoms with Gasteiger partial charge in [-0.1, -0.05) is 12.1 Å². The Hall–Kier alpha value is -1.07. The van der Waals surface area contributed by atoms with Crippen molar-refractivity contribution in [3.63, 3.8) is 0 Å². The van der Waals surface area contributed by atoms with Crippen LogP contribution in [-0.4, -0.2) is 25.0 Å². The van der Waals surface area contributed by atoms with Gasteiger partial charge < -0.3 is 5.73 Å². The van der Waals surface area contributed by atoms with Gasteiger partial charge in [-0.05, 0) is 30.5 Å². The van der Waals surface area contributed by atoms with Crippen molar-refractivity contribution in [2.45, 2.75) is 19.9 Å². The van der Waals surface area contributed by atoms with Gasteiger partial charge in [0.05, 0.1) is 5.75 Å². The molecule has 0 saturated carbocycles. The molecule has 16 heavy (non-hydrogen) atoms. The molecule has 0 saturated heterocycles. The van der Waals surface area contributed by atoms with E-state index in [2.05, 4.69) is 0 Å². The summed E-state index contributed by atoms with van der Waals surface area (Å²) in [5.74, 6) is 0.157. The van der Waals surface area contributed by atoms with Crippen LogP contribution in [0.3, 0.4) is 0 Å². The second kappa shape index (κ2) is 4.07. The average molecular weight is 240 g/mol. The molecule has 0 atom stereocenters. The van der Waals surface area contributed by atoms with E-state index in [4.69, 9.17) is 5.73 Å². The van der Waals surface area contributed by atoms with Gasteiger partial charge in [-0.25, -0.2) is 8.42 Å². The molecule has 1 aliphatic rings. The minimum absolute atomic E-state index is 0.157. The third kappa shape index (κ3) is 1.92. The van der Waals surface area contributed by atoms with Crippen LogP contribution in [0.4, 0.5) is 5.69 Å². The van der Waals surface area contributed by atoms with Gasteiger partial charge >= 0.3 is 0 Å². The maximum absolute atomic E-state index is 11.7. The van der Waals surface area contributed by atoms with Gasteiger partial charge in [0, 0.05) is 18.8 Å². The van der Waals surface area contributed by atoms with E-state index in [9.17, 15) is 8.42 Å². The van der Waals surface area contributed by atoms with Crippen LogP contribution in [0, 0.1) is 0 Å². The molecule has 88 valence electrons. The fourth-order valence-electron chi connectivity index (χ4n) is 2.03. The van der Waals surface area contributed by atoms with Crippen molar-refractivity contribution in [3.05, 3.63) is 29.3 Å². The zero-order valence-corrected chi connectivity index (χ0v) is 10.1. The van der Waals surface area contributed by atoms with E-state index in [1.54, 1.807) is 6.92 Å². The number of anilines is 1. The Balaban J connectivity index is 2.32. The molecule has 0 amide bonds. The quantitative estimate of drug-likeness (QED) is 0.784. The third-order valence-electron chi connectivity index (χ3n) is 3.03. The summed E-state index contributed by atoms with van der Waals surface area (Å²) >= 11 is 0. The highest BCUT2D eigenvalue weighted by atomic mass is 32.2. The fourth-order valence-corrected chi connectivity index (χ4v) is 3.10. The molecule has 0 bridgehead atoms. The fraction of sp³-hybridized carbons (Fsp3) is 0.455. The molecule has 4 nitrogen and oxygen atoms in total. The van der Waals surface area contributed by atoms with Crippen molar-refractivity contribution in [2.24, 2.45) is 0 Å². The topological polar surface area (TPSA) is 63.4 Å². The van der Waals surface area contributed by atoms with E-state index in [0.717, 1.165) is 16.8 Å². The summed E-state index contributed by atoms with van der Waals surface area (Å²) in [6, 6.07) is 5.68. The van der Waals surface area contributed by atoms with Gasteiger partial charge in [0.15, 0.2) is 0 Å². The zero-order chi connectivity index (χ0) is 11.8. The lowest BCUT2D eigenvalue weighted by Gasteiger charge is -2.28. The van der Waals surface area contributed by atoms with Crippen LogP contribution in [0.1, 0.15) is 18.1 Å². The number of sulfonamides is 1. The first-order chi connectivity index (χ1) is 7.54. The Labute approximate surface area is 96.1 Å². The largest absolute Gasteiger partial charge is 0.398 e. The van der Waals surface area contributed by atoms with Crippen molar-refractivity contribution in [3.8, 4) is 0 Å². The van der Waals surface area contributed by atoms with Gasteiger partial charge in [0.1, 0.15) is 0 Å². The lowest BCUT2D eigenvalue weighted by molar-refractivity contribution is 0.392. The molecular formula is C11H16N2O2S. The summed E-state index contributed by atoms with van der Waals surface area (Å²) in [6.07, 6.45) is 0.710. The summed E-state index contributed by atoms with van der Waals surface area (Å²) in [5.41, 5.74) is 8.76. The molecule has 0 spiro atoms. The number of benzene rings is 1. The number of fused-ring (bicyclic) bond motifs is 1. The molecule has 1 aliphatic heterocycles. The molecule has 0 aromatic heterocycles. The molecule has 1 aromatic carbocycles. The lowest BCUT2D eigenvalue weighted by Crippen LogP contribution is -2.37. The predicted molar refractivity (Wildman–Crippen MR) is 64.4 cm³/mol. The summed E-state index contributed by atoms with van der Waals surface area (Å²) in [5, 5.41) is 0. The van der Waals surface area contributed by atoms with Gasteiger partial charge in [0.25, 0.3) is 0 Å². The van der Waals surface area contributed by atoms with Crippen LogP contribution >= 0.6 is 0 Å². The number of rotatable bonds is 2. The summed E-state index contributed by atoms with van der Waals surface area (Å²) < 4.78 is 25.0. The first-order valence-corrected chi connectivity index (χ1v) is 6.99. The first kappa shape index (κ1) is 11.4. The zero-order valence-electron chi connectivity index (χ0n) is 9.31. The van der Waals surface area contributed by atoms with E-state index >= 15 is 0 Å². The van der Waals surface area contributed by atoms with Crippen LogP contribution in [0.2, 0.25) is 0 Å². The van der Waals surface area contributed by atoms with Crippen molar-refractivity contribution >= 4 is 15.7 Å². The molecule has 0 radical (unpaired) electrons. The standard InChI is InChI=1S/C11H16N2O2S/c1-2-16(14,15)13-7-6-10-9(8-13)4-3-5-11(10)12/h3-5H,2,6-8,12H2,1H3. The van der Waals surface area contributed by atoms with E-state index < -0.39 is 10.0 Å². The maximum Gasteiger partial charge on any atom is 0.214 e. The second-order valence-corrected chi connectivity index (χ2v) is 6.23. The molecule has 1 heterocycles. The summed E-state index contributed by atoms with van der Waals surface area (Å²) in [6.45, 7) is 2.66. The smallest absolute Gasteiger partial charge is 0.214 e. The van der Waals surface area contributed by atoms with E-state index in [-0.39, 0.29) is 5.75 Å². The monoisotopic (exact) mass is 240 g/mol. The van der Waals surface area contributed by atoms with Crippen molar-refractivity contribution < 1.29 is 8.42 Å². The van der Waals surface area contributed by atoms with Crippen molar-refractivity contribution in [2.75, 3.05) is 18.0 Å². The van der Waals surface area contributed by atoms with E-state index in [0.29, 0.717) is 19.5 Å². The van der Waals surface area contributed by atoms with Crippen LogP contribution in [-0.2, 0) is 23.0 Å². The molecule has 0 aliphatic carbocycles. The molecule has 2 N–H and O–H groups in total. The number of hydrogen-bond donors (Lipinski definition) is 1. The SMILES string of the molecule is CCS(=O)(=O)N1CCc2c(N)cccc2C1. The lowest BCUT2D eigenvalue weighted by atomic mass is 9.99. The van der Waals surface area contributed by atoms with Crippen LogP contribution in [0.25, 0.3) is 0 Å². The van der Waals surface area contributed by atoms with Gasteiger partial charge in [-0.2, -0.15) is 4.31 Å². The van der Waals surface area contributed by atoms with E-state index in [1.807, 2.05) is 18.2 Å². The molecule has 1 aromatic rings. The van der Waals surface area contributed by atoms with E-state index in [1.165, 1.54) is 4.31 Å². The Bertz CT molecular complexity index is 497. The van der Waals surface area contributed by atoms with Gasteiger partial charge in [0.2, 0.25) is 10.0 Å². The van der Waals surface area contributed by atoms with Crippen molar-refractivity contribution in [1.82, 2.24) is 4.31 Å². The molecular weight excluding hydrogens is 224 g/mol. The normalized spacial score (nSPS) is 17.1. The van der Waals surface area contributed by atoms with Gasteiger partial charge in [-0.3, -0.25) is 0 Å². The number of nitrogen functional groups attached to an aromatic ring is 1. The molecule has 5 heteroatoms. The third-order valence-corrected chi connectivity index (χ3v) is 4.85. The average Bonchev–Trinajstić information content (AvgIpc) is 2.29. The van der Waals surface area contributed by atoms with Crippen LogP contribution in [0.15, 0.2) is 18.2 Å². The number of nitrogens with two attached hydrogens (primary N) is 1. The molecule has 0 unspecified atom stereocenters. The first-order valence-electron chi connectivity index (χ1n) is 5.38. The summed E-state index contributed by atoms with van der Waals surface area (Å²) in [4.78, 5) is 0. The Morgan fingerprint density at radius 2 is 2.19 bits per heavy atom. The Morgan fingerprint density at radius 3 is 2.88 bits per heavy atom. The minimum Gasteiger partial charge on any atom is -0.398 e. The number of nitrogens with zero attached hydrogens (tertiary/aromatic N) is 1. The minimum atomic E-state index is -3.08. The second-order valence-electron chi connectivity index (χ2n) is 3.97. The van der Waals surface area contributed by atoms with Crippen LogP contribution < -0.4 is 5.73 Å². The van der Waals surface area contributed by atoms with Crippen molar-refractivity contribution in [1.29, 1.82) is 0 Å². The Kier molecular flexibility index (Phi) is 2.90. The highest BCUT2D eigenvalue weighted by Crippen LogP contribution is 2.25.